The minimum atomic E-state index is 0.674. The zero-order valence-corrected chi connectivity index (χ0v) is 9.96. The molecule has 0 saturated carbocycles. The average molecular weight is 255 g/mol. The van der Waals surface area contributed by atoms with E-state index in [1.165, 1.54) is 5.56 Å². The molecule has 0 aromatic heterocycles. The van der Waals surface area contributed by atoms with E-state index in [4.69, 9.17) is 4.74 Å². The highest BCUT2D eigenvalue weighted by Crippen LogP contribution is 2.12. The molecule has 0 heterocycles. The van der Waals surface area contributed by atoms with E-state index in [-0.39, 0.29) is 0 Å². The fraction of sp³-hybridized carbons (Fsp3) is 0.333. The number of halogens is 1. The van der Waals surface area contributed by atoms with Crippen LogP contribution in [0.1, 0.15) is 18.9 Å². The molecular weight excluding hydrogens is 240 g/mol. The molecule has 0 aliphatic carbocycles. The third-order valence-electron chi connectivity index (χ3n) is 1.77. The van der Waals surface area contributed by atoms with E-state index in [1.54, 1.807) is 0 Å². The number of hydrogen-bond donors (Lipinski definition) is 0. The van der Waals surface area contributed by atoms with Crippen LogP contribution >= 0.6 is 15.9 Å². The van der Waals surface area contributed by atoms with E-state index >= 15 is 0 Å². The fourth-order valence-electron chi connectivity index (χ4n) is 1.11. The molecule has 0 bridgehead atoms. The third-order valence-corrected chi connectivity index (χ3v) is 2.27. The Morgan fingerprint density at radius 1 is 1.36 bits per heavy atom. The lowest BCUT2D eigenvalue weighted by molar-refractivity contribution is 0.148. The lowest BCUT2D eigenvalue weighted by Gasteiger charge is -2.01. The summed E-state index contributed by atoms with van der Waals surface area (Å²) in [5.41, 5.74) is 1.20. The Balaban J connectivity index is 2.28. The van der Waals surface area contributed by atoms with Gasteiger partial charge in [-0.2, -0.15) is 0 Å². The van der Waals surface area contributed by atoms with Gasteiger partial charge in [0.05, 0.1) is 13.2 Å². The normalized spacial score (nSPS) is 11.0. The molecule has 0 N–H and O–H groups in total. The molecule has 0 unspecified atom stereocenters. The Hall–Kier alpha value is -0.600. The number of allylic oxidation sites excluding steroid dienone is 1. The van der Waals surface area contributed by atoms with E-state index in [1.807, 2.05) is 12.1 Å². The first-order valence-corrected chi connectivity index (χ1v) is 5.59. The molecule has 14 heavy (non-hydrogen) atoms. The molecule has 1 aromatic carbocycles. The molecule has 0 aliphatic heterocycles. The van der Waals surface area contributed by atoms with Crippen LogP contribution in [0.3, 0.4) is 0 Å². The minimum Gasteiger partial charge on any atom is -0.373 e. The van der Waals surface area contributed by atoms with Crippen molar-refractivity contribution in [3.8, 4) is 0 Å². The highest BCUT2D eigenvalue weighted by atomic mass is 79.9. The van der Waals surface area contributed by atoms with Crippen molar-refractivity contribution in [1.29, 1.82) is 0 Å². The first kappa shape index (κ1) is 11.5. The second kappa shape index (κ2) is 6.80. The molecule has 0 aliphatic rings. The van der Waals surface area contributed by atoms with Gasteiger partial charge in [0.15, 0.2) is 0 Å². The summed E-state index contributed by atoms with van der Waals surface area (Å²) in [4.78, 5) is 0. The highest BCUT2D eigenvalue weighted by Gasteiger charge is 1.92. The molecule has 1 nitrogen and oxygen atoms in total. The highest BCUT2D eigenvalue weighted by molar-refractivity contribution is 9.10. The minimum absolute atomic E-state index is 0.674. The zero-order valence-electron chi connectivity index (χ0n) is 8.37. The predicted molar refractivity (Wildman–Crippen MR) is 63.2 cm³/mol. The largest absolute Gasteiger partial charge is 0.373 e. The monoisotopic (exact) mass is 254 g/mol. The lowest BCUT2D eigenvalue weighted by atomic mass is 10.2. The summed E-state index contributed by atoms with van der Waals surface area (Å²) in [6.07, 6.45) is 5.24. The van der Waals surface area contributed by atoms with Crippen LogP contribution in [-0.2, 0) is 11.3 Å². The summed E-state index contributed by atoms with van der Waals surface area (Å²) in [5.74, 6) is 0. The van der Waals surface area contributed by atoms with Gasteiger partial charge in [-0.25, -0.2) is 0 Å². The number of ether oxygens (including phenoxy) is 1. The van der Waals surface area contributed by atoms with E-state index in [9.17, 15) is 0 Å². The van der Waals surface area contributed by atoms with Crippen LogP contribution < -0.4 is 0 Å². The fourth-order valence-corrected chi connectivity index (χ4v) is 1.55. The van der Waals surface area contributed by atoms with Crippen molar-refractivity contribution >= 4 is 15.9 Å². The van der Waals surface area contributed by atoms with Crippen molar-refractivity contribution in [2.75, 3.05) is 6.61 Å². The third kappa shape index (κ3) is 4.58. The lowest BCUT2D eigenvalue weighted by Crippen LogP contribution is -1.92. The van der Waals surface area contributed by atoms with E-state index in [2.05, 4.69) is 47.1 Å². The number of rotatable bonds is 5. The van der Waals surface area contributed by atoms with Gasteiger partial charge in [0.1, 0.15) is 0 Å². The van der Waals surface area contributed by atoms with Gasteiger partial charge in [-0.1, -0.05) is 47.1 Å². The summed E-state index contributed by atoms with van der Waals surface area (Å²) >= 11 is 3.43. The molecule has 2 heteroatoms. The maximum Gasteiger partial charge on any atom is 0.0721 e. The summed E-state index contributed by atoms with van der Waals surface area (Å²) in [5, 5.41) is 0. The smallest absolute Gasteiger partial charge is 0.0721 e. The van der Waals surface area contributed by atoms with Crippen LogP contribution in [0.4, 0.5) is 0 Å². The topological polar surface area (TPSA) is 9.23 Å². The molecule has 0 amide bonds. The van der Waals surface area contributed by atoms with Crippen molar-refractivity contribution in [3.63, 3.8) is 0 Å². The first-order valence-electron chi connectivity index (χ1n) is 4.80. The Morgan fingerprint density at radius 2 is 2.21 bits per heavy atom. The molecule has 0 fully saturated rings. The molecular formula is C12H15BrO. The van der Waals surface area contributed by atoms with Crippen LogP contribution in [0, 0.1) is 0 Å². The maximum atomic E-state index is 5.47. The zero-order chi connectivity index (χ0) is 10.2. The molecule has 0 spiro atoms. The van der Waals surface area contributed by atoms with Gasteiger partial charge >= 0.3 is 0 Å². The molecule has 0 saturated heterocycles. The van der Waals surface area contributed by atoms with Gasteiger partial charge in [0.25, 0.3) is 0 Å². The summed E-state index contributed by atoms with van der Waals surface area (Å²) in [6.45, 7) is 3.48. The van der Waals surface area contributed by atoms with Crippen molar-refractivity contribution in [1.82, 2.24) is 0 Å². The Morgan fingerprint density at radius 3 is 2.93 bits per heavy atom. The maximum absolute atomic E-state index is 5.47. The summed E-state index contributed by atoms with van der Waals surface area (Å²) < 4.78 is 6.57. The van der Waals surface area contributed by atoms with Gasteiger partial charge in [-0.15, -0.1) is 0 Å². The van der Waals surface area contributed by atoms with Crippen LogP contribution in [0.2, 0.25) is 0 Å². The first-order chi connectivity index (χ1) is 6.83. The van der Waals surface area contributed by atoms with Crippen LogP contribution in [0.25, 0.3) is 0 Å². The SMILES string of the molecule is CC/C=C\COCc1cccc(Br)c1. The quantitative estimate of drug-likeness (QED) is 0.572. The van der Waals surface area contributed by atoms with Crippen molar-refractivity contribution in [2.24, 2.45) is 0 Å². The second-order valence-electron chi connectivity index (χ2n) is 3.02. The van der Waals surface area contributed by atoms with Crippen LogP contribution in [0.5, 0.6) is 0 Å². The van der Waals surface area contributed by atoms with Crippen molar-refractivity contribution < 1.29 is 4.74 Å². The number of hydrogen-bond acceptors (Lipinski definition) is 1. The Bertz CT molecular complexity index is 294. The van der Waals surface area contributed by atoms with Crippen LogP contribution in [0.15, 0.2) is 40.9 Å². The molecule has 76 valence electrons. The van der Waals surface area contributed by atoms with Crippen molar-refractivity contribution in [2.45, 2.75) is 20.0 Å². The van der Waals surface area contributed by atoms with Crippen molar-refractivity contribution in [3.05, 3.63) is 46.5 Å². The predicted octanol–water partition coefficient (Wildman–Crippen LogP) is 3.93. The standard InChI is InChI=1S/C12H15BrO/c1-2-3-4-8-14-10-11-6-5-7-12(13)9-11/h3-7,9H,2,8,10H2,1H3/b4-3-. The molecule has 0 atom stereocenters. The van der Waals surface area contributed by atoms with Gasteiger partial charge < -0.3 is 4.74 Å². The number of benzene rings is 1. The molecule has 1 rings (SSSR count). The molecule has 0 radical (unpaired) electrons. The van der Waals surface area contributed by atoms with E-state index < -0.39 is 0 Å². The van der Waals surface area contributed by atoms with Gasteiger partial charge in [0.2, 0.25) is 0 Å². The second-order valence-corrected chi connectivity index (χ2v) is 3.94. The van der Waals surface area contributed by atoms with Gasteiger partial charge in [0, 0.05) is 4.47 Å². The summed E-state index contributed by atoms with van der Waals surface area (Å²) in [6, 6.07) is 8.17. The summed E-state index contributed by atoms with van der Waals surface area (Å²) in [7, 11) is 0. The van der Waals surface area contributed by atoms with Gasteiger partial charge in [-0.3, -0.25) is 0 Å². The van der Waals surface area contributed by atoms with Crippen LogP contribution in [-0.4, -0.2) is 6.61 Å². The Labute approximate surface area is 93.9 Å². The van der Waals surface area contributed by atoms with Gasteiger partial charge in [-0.05, 0) is 24.1 Å². The van der Waals surface area contributed by atoms with E-state index in [0.29, 0.717) is 13.2 Å². The molecule has 1 aromatic rings. The average Bonchev–Trinajstić information content (AvgIpc) is 2.18. The Kier molecular flexibility index (Phi) is 5.57. The van der Waals surface area contributed by atoms with E-state index in [0.717, 1.165) is 10.9 Å².